The Labute approximate surface area is 86.4 Å². The zero-order valence-corrected chi connectivity index (χ0v) is 8.25. The number of nitrogens with one attached hydrogen (secondary N) is 1. The number of nitrogens with zero attached hydrogens (tertiary/aromatic N) is 5. The van der Waals surface area contributed by atoms with E-state index in [0.29, 0.717) is 11.9 Å². The number of hydrogen-bond acceptors (Lipinski definition) is 6. The maximum Gasteiger partial charge on any atom is 0.253 e. The summed E-state index contributed by atoms with van der Waals surface area (Å²) >= 11 is 0. The van der Waals surface area contributed by atoms with Gasteiger partial charge in [-0.2, -0.15) is 9.67 Å². The van der Waals surface area contributed by atoms with Crippen molar-refractivity contribution < 1.29 is 0 Å². The molecule has 0 spiro atoms. The fourth-order valence-corrected chi connectivity index (χ4v) is 1.14. The van der Waals surface area contributed by atoms with Gasteiger partial charge >= 0.3 is 0 Å². The number of rotatable bonds is 3. The predicted molar refractivity (Wildman–Crippen MR) is 55.5 cm³/mol. The van der Waals surface area contributed by atoms with Crippen LogP contribution in [0.25, 0.3) is 5.95 Å². The van der Waals surface area contributed by atoms with Crippen molar-refractivity contribution in [2.45, 2.75) is 6.92 Å². The van der Waals surface area contributed by atoms with Crippen LogP contribution in [0.4, 0.5) is 11.9 Å². The molecule has 0 saturated carbocycles. The molecule has 0 bridgehead atoms. The van der Waals surface area contributed by atoms with Crippen molar-refractivity contribution in [2.75, 3.05) is 17.6 Å². The zero-order chi connectivity index (χ0) is 10.7. The van der Waals surface area contributed by atoms with E-state index in [4.69, 9.17) is 5.73 Å². The molecule has 0 fully saturated rings. The number of nitrogens with two attached hydrogens (primary N) is 1. The molecule has 0 aliphatic rings. The molecular formula is C8H11N7. The van der Waals surface area contributed by atoms with Crippen LogP contribution >= 0.6 is 0 Å². The molecule has 7 heteroatoms. The van der Waals surface area contributed by atoms with E-state index in [1.807, 2.05) is 6.92 Å². The quantitative estimate of drug-likeness (QED) is 0.736. The van der Waals surface area contributed by atoms with E-state index in [9.17, 15) is 0 Å². The van der Waals surface area contributed by atoms with E-state index in [0.717, 1.165) is 6.54 Å². The van der Waals surface area contributed by atoms with Gasteiger partial charge in [0.2, 0.25) is 11.9 Å². The van der Waals surface area contributed by atoms with Crippen LogP contribution in [0.3, 0.4) is 0 Å². The van der Waals surface area contributed by atoms with E-state index in [1.165, 1.54) is 4.68 Å². The van der Waals surface area contributed by atoms with Gasteiger partial charge in [0.25, 0.3) is 5.95 Å². The summed E-state index contributed by atoms with van der Waals surface area (Å²) in [6, 6.07) is 1.73. The van der Waals surface area contributed by atoms with Gasteiger partial charge in [-0.15, -0.1) is 5.10 Å². The lowest BCUT2D eigenvalue weighted by atomic mass is 10.7. The third kappa shape index (κ3) is 1.85. The predicted octanol–water partition coefficient (Wildman–Crippen LogP) is 0.0713. The molecule has 0 radical (unpaired) electrons. The van der Waals surface area contributed by atoms with Crippen molar-refractivity contribution in [2.24, 2.45) is 0 Å². The molecule has 0 aliphatic carbocycles. The Morgan fingerprint density at radius 1 is 1.40 bits per heavy atom. The molecule has 2 aromatic rings. The van der Waals surface area contributed by atoms with Crippen molar-refractivity contribution in [1.29, 1.82) is 0 Å². The SMILES string of the molecule is CCNc1nc(N)nn1-c1ncccn1. The molecule has 3 N–H and O–H groups in total. The van der Waals surface area contributed by atoms with Crippen molar-refractivity contribution in [3.05, 3.63) is 18.5 Å². The summed E-state index contributed by atoms with van der Waals surface area (Å²) in [6.07, 6.45) is 3.27. The average Bonchev–Trinajstić information content (AvgIpc) is 2.62. The van der Waals surface area contributed by atoms with Crippen LogP contribution in [-0.4, -0.2) is 31.3 Å². The Kier molecular flexibility index (Phi) is 2.44. The fraction of sp³-hybridized carbons (Fsp3) is 0.250. The van der Waals surface area contributed by atoms with Crippen LogP contribution in [0, 0.1) is 0 Å². The highest BCUT2D eigenvalue weighted by molar-refractivity contribution is 5.36. The maximum absolute atomic E-state index is 5.51. The minimum Gasteiger partial charge on any atom is -0.366 e. The average molecular weight is 205 g/mol. The topological polar surface area (TPSA) is 94.5 Å². The highest BCUT2D eigenvalue weighted by Gasteiger charge is 2.10. The van der Waals surface area contributed by atoms with Gasteiger partial charge in [-0.1, -0.05) is 0 Å². The molecule has 0 atom stereocenters. The molecule has 2 heterocycles. The van der Waals surface area contributed by atoms with Gasteiger partial charge in [-0.05, 0) is 13.0 Å². The molecule has 7 nitrogen and oxygen atoms in total. The normalized spacial score (nSPS) is 10.2. The standard InChI is InChI=1S/C8H11N7/c1-2-10-8-13-6(9)14-15(8)7-11-4-3-5-12-7/h3-5H,2H2,1H3,(H3,9,10,13,14). The molecule has 78 valence electrons. The van der Waals surface area contributed by atoms with Gasteiger partial charge in [0.05, 0.1) is 0 Å². The molecule has 0 amide bonds. The number of hydrogen-bond donors (Lipinski definition) is 2. The van der Waals surface area contributed by atoms with Crippen LogP contribution in [0.1, 0.15) is 6.92 Å². The third-order valence-corrected chi connectivity index (χ3v) is 1.70. The number of anilines is 2. The smallest absolute Gasteiger partial charge is 0.253 e. The van der Waals surface area contributed by atoms with Crippen molar-refractivity contribution in [3.8, 4) is 5.95 Å². The maximum atomic E-state index is 5.51. The first-order valence-corrected chi connectivity index (χ1v) is 4.55. The number of nitrogen functional groups attached to an aromatic ring is 1. The molecule has 0 unspecified atom stereocenters. The summed E-state index contributed by atoms with van der Waals surface area (Å²) in [5.41, 5.74) is 5.51. The Balaban J connectivity index is 2.43. The summed E-state index contributed by atoms with van der Waals surface area (Å²) in [4.78, 5) is 12.1. The van der Waals surface area contributed by atoms with Gasteiger partial charge in [0, 0.05) is 18.9 Å². The van der Waals surface area contributed by atoms with Gasteiger partial charge in [-0.3, -0.25) is 0 Å². The van der Waals surface area contributed by atoms with Crippen molar-refractivity contribution >= 4 is 11.9 Å². The van der Waals surface area contributed by atoms with Gasteiger partial charge in [0.1, 0.15) is 0 Å². The second kappa shape index (κ2) is 3.91. The molecule has 0 saturated heterocycles. The lowest BCUT2D eigenvalue weighted by molar-refractivity contribution is 0.811. The minimum absolute atomic E-state index is 0.193. The summed E-state index contributed by atoms with van der Waals surface area (Å²) in [7, 11) is 0. The first kappa shape index (κ1) is 9.38. The van der Waals surface area contributed by atoms with Crippen LogP contribution in [0.5, 0.6) is 0 Å². The van der Waals surface area contributed by atoms with Gasteiger partial charge in [0.15, 0.2) is 0 Å². The second-order valence-electron chi connectivity index (χ2n) is 2.78. The van der Waals surface area contributed by atoms with Crippen LogP contribution in [0.15, 0.2) is 18.5 Å². The van der Waals surface area contributed by atoms with Crippen LogP contribution in [-0.2, 0) is 0 Å². The highest BCUT2D eigenvalue weighted by atomic mass is 15.5. The lowest BCUT2D eigenvalue weighted by Crippen LogP contribution is -2.09. The largest absolute Gasteiger partial charge is 0.366 e. The molecule has 2 rings (SSSR count). The summed E-state index contributed by atoms with van der Waals surface area (Å²) in [5.74, 6) is 1.18. The Hall–Kier alpha value is -2.18. The van der Waals surface area contributed by atoms with E-state index in [-0.39, 0.29) is 5.95 Å². The Bertz CT molecular complexity index is 436. The van der Waals surface area contributed by atoms with E-state index in [2.05, 4.69) is 25.4 Å². The molecule has 15 heavy (non-hydrogen) atoms. The third-order valence-electron chi connectivity index (χ3n) is 1.70. The summed E-state index contributed by atoms with van der Waals surface area (Å²) in [6.45, 7) is 2.69. The molecule has 2 aromatic heterocycles. The van der Waals surface area contributed by atoms with Crippen LogP contribution < -0.4 is 11.1 Å². The lowest BCUT2D eigenvalue weighted by Gasteiger charge is -2.02. The molecule has 0 aromatic carbocycles. The Morgan fingerprint density at radius 3 is 2.80 bits per heavy atom. The van der Waals surface area contributed by atoms with Crippen molar-refractivity contribution in [1.82, 2.24) is 24.7 Å². The first-order chi connectivity index (χ1) is 7.31. The van der Waals surface area contributed by atoms with E-state index < -0.39 is 0 Å². The van der Waals surface area contributed by atoms with Gasteiger partial charge < -0.3 is 11.1 Å². The minimum atomic E-state index is 0.193. The van der Waals surface area contributed by atoms with E-state index >= 15 is 0 Å². The number of aromatic nitrogens is 5. The highest BCUT2D eigenvalue weighted by Crippen LogP contribution is 2.09. The second-order valence-corrected chi connectivity index (χ2v) is 2.78. The monoisotopic (exact) mass is 205 g/mol. The molecular weight excluding hydrogens is 194 g/mol. The first-order valence-electron chi connectivity index (χ1n) is 4.55. The fourth-order valence-electron chi connectivity index (χ4n) is 1.14. The van der Waals surface area contributed by atoms with Crippen LogP contribution in [0.2, 0.25) is 0 Å². The molecule has 0 aliphatic heterocycles. The van der Waals surface area contributed by atoms with E-state index in [1.54, 1.807) is 18.5 Å². The zero-order valence-electron chi connectivity index (χ0n) is 8.25. The summed E-state index contributed by atoms with van der Waals surface area (Å²) in [5, 5.41) is 7.02. The summed E-state index contributed by atoms with van der Waals surface area (Å²) < 4.78 is 1.47. The Morgan fingerprint density at radius 2 is 2.13 bits per heavy atom. The van der Waals surface area contributed by atoms with Crippen molar-refractivity contribution in [3.63, 3.8) is 0 Å². The van der Waals surface area contributed by atoms with Gasteiger partial charge in [-0.25, -0.2) is 9.97 Å².